The van der Waals surface area contributed by atoms with Crippen molar-refractivity contribution in [3.63, 3.8) is 0 Å². The summed E-state index contributed by atoms with van der Waals surface area (Å²) >= 11 is 0. The normalized spacial score (nSPS) is 14.1. The maximum atomic E-state index is 12.6. The zero-order valence-electron chi connectivity index (χ0n) is 13.4. The highest BCUT2D eigenvalue weighted by Gasteiger charge is 2.41. The maximum absolute atomic E-state index is 12.6. The molecule has 0 amide bonds. The Labute approximate surface area is 133 Å². The summed E-state index contributed by atoms with van der Waals surface area (Å²) in [5.74, 6) is -3.71. The average molecular weight is 338 g/mol. The smallest absolute Gasteiger partial charge is 0.330 e. The second-order valence-corrected chi connectivity index (χ2v) is 6.32. The third kappa shape index (κ3) is 6.74. The monoisotopic (exact) mass is 338 g/mol. The Kier molecular flexibility index (Phi) is 6.83. The van der Waals surface area contributed by atoms with Gasteiger partial charge >= 0.3 is 12.3 Å². The lowest BCUT2D eigenvalue weighted by Gasteiger charge is -2.20. The summed E-state index contributed by atoms with van der Waals surface area (Å²) in [6, 6.07) is 7.25. The van der Waals surface area contributed by atoms with Gasteiger partial charge in [-0.2, -0.15) is 8.78 Å². The van der Waals surface area contributed by atoms with E-state index in [0.717, 1.165) is 5.56 Å². The fourth-order valence-electron chi connectivity index (χ4n) is 1.69. The summed E-state index contributed by atoms with van der Waals surface area (Å²) in [4.78, 5) is 0. The molecule has 7 heteroatoms. The first-order valence-electron chi connectivity index (χ1n) is 7.17. The van der Waals surface area contributed by atoms with Gasteiger partial charge in [-0.1, -0.05) is 32.9 Å². The first-order valence-corrected chi connectivity index (χ1v) is 7.17. The minimum atomic E-state index is -4.22. The van der Waals surface area contributed by atoms with Crippen LogP contribution in [-0.2, 0) is 10.2 Å². The van der Waals surface area contributed by atoms with E-state index in [0.29, 0.717) is 5.75 Å². The van der Waals surface area contributed by atoms with Crippen LogP contribution in [0.4, 0.5) is 17.6 Å². The SMILES string of the molecule is CC(C)(C)c1ccc(OCC(O)COCC(F)(F)C(F)F)cc1. The highest BCUT2D eigenvalue weighted by molar-refractivity contribution is 5.31. The van der Waals surface area contributed by atoms with Crippen LogP contribution in [0.2, 0.25) is 0 Å². The lowest BCUT2D eigenvalue weighted by Crippen LogP contribution is -2.34. The standard InChI is InChI=1S/C16H22F4O3/c1-15(2,3)11-4-6-13(7-5-11)23-9-12(21)8-22-10-16(19,20)14(17)18/h4-7,12,14,21H,8-10H2,1-3H3. The zero-order chi connectivity index (χ0) is 17.7. The van der Waals surface area contributed by atoms with Gasteiger partial charge in [-0.3, -0.25) is 0 Å². The summed E-state index contributed by atoms with van der Waals surface area (Å²) in [6.07, 6.45) is -4.98. The number of hydrogen-bond acceptors (Lipinski definition) is 3. The van der Waals surface area contributed by atoms with Crippen molar-refractivity contribution >= 4 is 0 Å². The Morgan fingerprint density at radius 3 is 2.09 bits per heavy atom. The predicted octanol–water partition coefficient (Wildman–Crippen LogP) is 3.64. The molecule has 0 bridgehead atoms. The van der Waals surface area contributed by atoms with Gasteiger partial charge in [0.1, 0.15) is 25.1 Å². The number of alkyl halides is 4. The van der Waals surface area contributed by atoms with Gasteiger partial charge in [-0.25, -0.2) is 8.78 Å². The van der Waals surface area contributed by atoms with E-state index in [-0.39, 0.29) is 12.0 Å². The van der Waals surface area contributed by atoms with Crippen LogP contribution in [-0.4, -0.2) is 43.4 Å². The third-order valence-electron chi connectivity index (χ3n) is 3.09. The topological polar surface area (TPSA) is 38.7 Å². The summed E-state index contributed by atoms with van der Waals surface area (Å²) in [7, 11) is 0. The first kappa shape index (κ1) is 19.7. The molecule has 0 aliphatic carbocycles. The largest absolute Gasteiger partial charge is 0.491 e. The van der Waals surface area contributed by atoms with Gasteiger partial charge in [-0.15, -0.1) is 0 Å². The lowest BCUT2D eigenvalue weighted by molar-refractivity contribution is -0.171. The molecule has 1 unspecified atom stereocenters. The predicted molar refractivity (Wildman–Crippen MR) is 78.4 cm³/mol. The second-order valence-electron chi connectivity index (χ2n) is 6.32. The van der Waals surface area contributed by atoms with Crippen LogP contribution in [0.1, 0.15) is 26.3 Å². The van der Waals surface area contributed by atoms with Crippen LogP contribution in [0, 0.1) is 0 Å². The van der Waals surface area contributed by atoms with Gasteiger partial charge in [0.05, 0.1) is 6.61 Å². The minimum absolute atomic E-state index is 0.00180. The van der Waals surface area contributed by atoms with Crippen molar-refractivity contribution in [2.24, 2.45) is 0 Å². The summed E-state index contributed by atoms with van der Waals surface area (Å²) in [5.41, 5.74) is 1.12. The Bertz CT molecular complexity index is 469. The molecular formula is C16H22F4O3. The number of aliphatic hydroxyl groups excluding tert-OH is 1. The van der Waals surface area contributed by atoms with Gasteiger partial charge in [0.2, 0.25) is 0 Å². The fourth-order valence-corrected chi connectivity index (χ4v) is 1.69. The molecule has 1 rings (SSSR count). The summed E-state index contributed by atoms with van der Waals surface area (Å²) < 4.78 is 58.7. The Balaban J connectivity index is 2.35. The highest BCUT2D eigenvalue weighted by atomic mass is 19.3. The molecule has 1 aromatic rings. The second kappa shape index (κ2) is 7.97. The molecule has 1 aromatic carbocycles. The number of aliphatic hydroxyl groups is 1. The first-order chi connectivity index (χ1) is 10.5. The molecule has 0 aromatic heterocycles. The number of benzene rings is 1. The molecule has 0 fully saturated rings. The molecule has 0 saturated heterocycles. The number of hydrogen-bond donors (Lipinski definition) is 1. The molecule has 23 heavy (non-hydrogen) atoms. The molecule has 1 atom stereocenters. The van der Waals surface area contributed by atoms with Crippen molar-refractivity contribution in [1.29, 1.82) is 0 Å². The minimum Gasteiger partial charge on any atom is -0.491 e. The number of halogens is 4. The molecule has 0 aliphatic rings. The van der Waals surface area contributed by atoms with Crippen LogP contribution in [0.3, 0.4) is 0 Å². The van der Waals surface area contributed by atoms with E-state index in [4.69, 9.17) is 4.74 Å². The third-order valence-corrected chi connectivity index (χ3v) is 3.09. The summed E-state index contributed by atoms with van der Waals surface area (Å²) in [5, 5.41) is 9.55. The van der Waals surface area contributed by atoms with Crippen LogP contribution >= 0.6 is 0 Å². The van der Waals surface area contributed by atoms with Crippen LogP contribution in [0.5, 0.6) is 5.75 Å². The van der Waals surface area contributed by atoms with Crippen LogP contribution in [0.15, 0.2) is 24.3 Å². The van der Waals surface area contributed by atoms with E-state index in [9.17, 15) is 22.7 Å². The molecule has 0 radical (unpaired) electrons. The van der Waals surface area contributed by atoms with Crippen molar-refractivity contribution in [1.82, 2.24) is 0 Å². The molecule has 0 spiro atoms. The van der Waals surface area contributed by atoms with Gasteiger partial charge in [0.15, 0.2) is 0 Å². The van der Waals surface area contributed by atoms with Gasteiger partial charge in [-0.05, 0) is 23.1 Å². The van der Waals surface area contributed by atoms with Crippen molar-refractivity contribution in [3.05, 3.63) is 29.8 Å². The van der Waals surface area contributed by atoms with Gasteiger partial charge in [0, 0.05) is 0 Å². The molecule has 3 nitrogen and oxygen atoms in total. The van der Waals surface area contributed by atoms with E-state index < -0.39 is 31.7 Å². The Hall–Kier alpha value is -1.34. The molecule has 0 heterocycles. The highest BCUT2D eigenvalue weighted by Crippen LogP contribution is 2.24. The van der Waals surface area contributed by atoms with Crippen molar-refractivity contribution in [2.75, 3.05) is 19.8 Å². The molecule has 0 saturated carbocycles. The van der Waals surface area contributed by atoms with Crippen molar-refractivity contribution in [2.45, 2.75) is 44.6 Å². The molecule has 132 valence electrons. The quantitative estimate of drug-likeness (QED) is 0.736. The average Bonchev–Trinajstić information content (AvgIpc) is 2.44. The van der Waals surface area contributed by atoms with Crippen molar-refractivity contribution in [3.8, 4) is 5.75 Å². The van der Waals surface area contributed by atoms with E-state index >= 15 is 0 Å². The molecular weight excluding hydrogens is 316 g/mol. The van der Waals surface area contributed by atoms with Crippen LogP contribution < -0.4 is 4.74 Å². The number of rotatable bonds is 8. The Morgan fingerprint density at radius 2 is 1.61 bits per heavy atom. The maximum Gasteiger partial charge on any atom is 0.330 e. The van der Waals surface area contributed by atoms with Gasteiger partial charge in [0.25, 0.3) is 0 Å². The summed E-state index contributed by atoms with van der Waals surface area (Å²) in [6.45, 7) is 4.07. The Morgan fingerprint density at radius 1 is 1.04 bits per heavy atom. The number of ether oxygens (including phenoxy) is 2. The molecule has 0 aliphatic heterocycles. The molecule has 1 N–H and O–H groups in total. The van der Waals surface area contributed by atoms with E-state index in [2.05, 4.69) is 25.5 Å². The van der Waals surface area contributed by atoms with E-state index in [1.807, 2.05) is 12.1 Å². The van der Waals surface area contributed by atoms with E-state index in [1.165, 1.54) is 0 Å². The van der Waals surface area contributed by atoms with Gasteiger partial charge < -0.3 is 14.6 Å². The lowest BCUT2D eigenvalue weighted by atomic mass is 9.87. The van der Waals surface area contributed by atoms with E-state index in [1.54, 1.807) is 12.1 Å². The zero-order valence-corrected chi connectivity index (χ0v) is 13.4. The fraction of sp³-hybridized carbons (Fsp3) is 0.625. The van der Waals surface area contributed by atoms with Crippen LogP contribution in [0.25, 0.3) is 0 Å². The van der Waals surface area contributed by atoms with Crippen molar-refractivity contribution < 1.29 is 32.1 Å².